The molecule has 0 unspecified atom stereocenters. The minimum Gasteiger partial charge on any atom is -0.512 e. The fourth-order valence-corrected chi connectivity index (χ4v) is 0.294. The van der Waals surface area contributed by atoms with Crippen LogP contribution in [0.5, 0.6) is 0 Å². The third-order valence-corrected chi connectivity index (χ3v) is 0.412. The van der Waals surface area contributed by atoms with Crippen LogP contribution in [0.2, 0.25) is 0 Å². The van der Waals surface area contributed by atoms with Gasteiger partial charge in [0.25, 0.3) is 0 Å². The second-order valence-corrected chi connectivity index (χ2v) is 1.40. The molecule has 0 saturated heterocycles. The molecule has 0 aliphatic heterocycles. The number of hydrogen-bond donors (Lipinski definition) is 1. The van der Waals surface area contributed by atoms with Crippen LogP contribution < -0.4 is 0 Å². The molecule has 0 spiro atoms. The molecule has 0 aromatic heterocycles. The van der Waals surface area contributed by atoms with Gasteiger partial charge in [0.1, 0.15) is 0 Å². The van der Waals surface area contributed by atoms with Crippen molar-refractivity contribution in [2.75, 3.05) is 0 Å². The van der Waals surface area contributed by atoms with Gasteiger partial charge < -0.3 is 5.11 Å². The topological polar surface area (TPSA) is 37.3 Å². The van der Waals surface area contributed by atoms with E-state index in [0.717, 1.165) is 0 Å². The molecule has 0 amide bonds. The van der Waals surface area contributed by atoms with Crippen LogP contribution in [0.15, 0.2) is 11.8 Å². The van der Waals surface area contributed by atoms with Gasteiger partial charge in [0, 0.05) is 27.8 Å². The molecule has 0 rings (SSSR count). The molecule has 0 aromatic rings. The summed E-state index contributed by atoms with van der Waals surface area (Å²) < 4.78 is 0. The number of ketones is 1. The van der Waals surface area contributed by atoms with Crippen molar-refractivity contribution in [3.05, 3.63) is 11.8 Å². The number of carbonyl (C=O) groups is 1. The molecule has 1 N–H and O–H groups in total. The Labute approximate surface area is 63.5 Å². The molecule has 0 aliphatic rings. The van der Waals surface area contributed by atoms with Crippen molar-refractivity contribution >= 4 is 5.78 Å². The number of carbonyl (C=O) groups excluding carboxylic acids is 1. The molecule has 0 atom stereocenters. The van der Waals surface area contributed by atoms with E-state index in [1.165, 1.54) is 19.9 Å². The van der Waals surface area contributed by atoms with Crippen molar-refractivity contribution in [1.29, 1.82) is 0 Å². The maximum absolute atomic E-state index is 10.0. The first-order valence-corrected chi connectivity index (χ1v) is 2.01. The predicted octanol–water partition coefficient (Wildman–Crippen LogP) is 1.03. The summed E-state index contributed by atoms with van der Waals surface area (Å²) in [6, 6.07) is 0. The largest absolute Gasteiger partial charge is 0.512 e. The van der Waals surface area contributed by atoms with Crippen LogP contribution in [0.1, 0.15) is 13.8 Å². The first kappa shape index (κ1) is 10.8. The van der Waals surface area contributed by atoms with Crippen LogP contribution in [-0.2, 0) is 26.5 Å². The van der Waals surface area contributed by atoms with Gasteiger partial charge in [-0.2, -0.15) is 0 Å². The van der Waals surface area contributed by atoms with Crippen molar-refractivity contribution < 1.29 is 31.6 Å². The van der Waals surface area contributed by atoms with E-state index in [4.69, 9.17) is 5.11 Å². The zero-order chi connectivity index (χ0) is 5.86. The molecule has 8 heavy (non-hydrogen) atoms. The average Bonchev–Trinajstić information content (AvgIpc) is 1.27. The van der Waals surface area contributed by atoms with Crippen LogP contribution in [0.3, 0.4) is 0 Å². The van der Waals surface area contributed by atoms with Crippen molar-refractivity contribution in [3.8, 4) is 0 Å². The fourth-order valence-electron chi connectivity index (χ4n) is 0.294. The van der Waals surface area contributed by atoms with Gasteiger partial charge in [0.2, 0.25) is 0 Å². The number of allylic oxidation sites excluding steroid dienone is 2. The molecule has 0 heterocycles. The molecule has 0 fully saturated rings. The zero-order valence-corrected chi connectivity index (χ0v) is 6.49. The van der Waals surface area contributed by atoms with Crippen molar-refractivity contribution in [3.63, 3.8) is 0 Å². The van der Waals surface area contributed by atoms with Crippen molar-refractivity contribution in [2.24, 2.45) is 0 Å². The van der Waals surface area contributed by atoms with Crippen LogP contribution >= 0.6 is 0 Å². The van der Waals surface area contributed by atoms with E-state index >= 15 is 0 Å². The molecular formula is C5H8O2Ti. The van der Waals surface area contributed by atoms with Gasteiger partial charge in [-0.25, -0.2) is 0 Å². The maximum Gasteiger partial charge on any atom is 0.155 e. The molecule has 0 radical (unpaired) electrons. The summed E-state index contributed by atoms with van der Waals surface area (Å²) in [5.74, 6) is -0.0625. The van der Waals surface area contributed by atoms with E-state index in [0.29, 0.717) is 0 Å². The van der Waals surface area contributed by atoms with Crippen molar-refractivity contribution in [2.45, 2.75) is 13.8 Å². The summed E-state index contributed by atoms with van der Waals surface area (Å²) >= 11 is 0. The van der Waals surface area contributed by atoms with Crippen molar-refractivity contribution in [1.82, 2.24) is 0 Å². The van der Waals surface area contributed by atoms with Gasteiger partial charge in [0.05, 0.1) is 5.76 Å². The van der Waals surface area contributed by atoms with Crippen LogP contribution in [-0.4, -0.2) is 10.9 Å². The number of hydrogen-bond acceptors (Lipinski definition) is 2. The fraction of sp³-hybridized carbons (Fsp3) is 0.400. The number of rotatable bonds is 1. The molecule has 0 aromatic carbocycles. The molecular weight excluding hydrogens is 140 g/mol. The predicted molar refractivity (Wildman–Crippen MR) is 27.1 cm³/mol. The second kappa shape index (κ2) is 5.07. The summed E-state index contributed by atoms with van der Waals surface area (Å²) in [6.45, 7) is 2.85. The van der Waals surface area contributed by atoms with E-state index < -0.39 is 0 Å². The quantitative estimate of drug-likeness (QED) is 0.342. The summed E-state index contributed by atoms with van der Waals surface area (Å²) in [5.41, 5.74) is 0. The van der Waals surface area contributed by atoms with E-state index in [1.54, 1.807) is 0 Å². The SMILES string of the molecule is CC(=O)C=C(C)O.[Ti]. The number of aliphatic hydroxyl groups is 1. The maximum atomic E-state index is 10.0. The molecule has 44 valence electrons. The van der Waals surface area contributed by atoms with E-state index in [2.05, 4.69) is 0 Å². The molecule has 0 saturated carbocycles. The molecule has 0 aliphatic carbocycles. The Kier molecular flexibility index (Phi) is 6.86. The van der Waals surface area contributed by atoms with Crippen LogP contribution in [0, 0.1) is 0 Å². The summed E-state index contributed by atoms with van der Waals surface area (Å²) in [5, 5.41) is 8.36. The first-order valence-electron chi connectivity index (χ1n) is 2.01. The Hall–Kier alpha value is -0.0757. The smallest absolute Gasteiger partial charge is 0.155 e. The number of aliphatic hydroxyl groups excluding tert-OH is 1. The first-order chi connectivity index (χ1) is 3.13. The molecule has 2 nitrogen and oxygen atoms in total. The average molecular weight is 148 g/mol. The minimum absolute atomic E-state index is 0. The van der Waals surface area contributed by atoms with Crippen LogP contribution in [0.4, 0.5) is 0 Å². The Morgan fingerprint density at radius 1 is 1.50 bits per heavy atom. The Morgan fingerprint density at radius 3 is 1.88 bits per heavy atom. The Balaban J connectivity index is 0. The summed E-state index contributed by atoms with van der Waals surface area (Å²) in [4.78, 5) is 10.0. The minimum atomic E-state index is -0.125. The van der Waals surface area contributed by atoms with Gasteiger partial charge in [-0.3, -0.25) is 4.79 Å². The zero-order valence-electron chi connectivity index (χ0n) is 4.93. The Morgan fingerprint density at radius 2 is 1.88 bits per heavy atom. The van der Waals surface area contributed by atoms with E-state index in [1.807, 2.05) is 0 Å². The van der Waals surface area contributed by atoms with Gasteiger partial charge in [-0.1, -0.05) is 0 Å². The van der Waals surface area contributed by atoms with E-state index in [-0.39, 0.29) is 33.3 Å². The Bertz CT molecular complexity index is 103. The monoisotopic (exact) mass is 148 g/mol. The summed E-state index contributed by atoms with van der Waals surface area (Å²) in [7, 11) is 0. The van der Waals surface area contributed by atoms with Gasteiger partial charge >= 0.3 is 0 Å². The van der Waals surface area contributed by atoms with Crippen LogP contribution in [0.25, 0.3) is 0 Å². The van der Waals surface area contributed by atoms with Gasteiger partial charge in [-0.05, 0) is 13.8 Å². The van der Waals surface area contributed by atoms with Gasteiger partial charge in [-0.15, -0.1) is 0 Å². The van der Waals surface area contributed by atoms with E-state index in [9.17, 15) is 4.79 Å². The standard InChI is InChI=1S/C5H8O2.Ti/c1-4(6)3-5(2)7;/h3,6H,1-2H3;. The molecule has 0 bridgehead atoms. The second-order valence-electron chi connectivity index (χ2n) is 1.40. The molecule has 3 heteroatoms. The summed E-state index contributed by atoms with van der Waals surface area (Å²) in [6.07, 6.45) is 1.17. The third-order valence-electron chi connectivity index (χ3n) is 0.412. The third kappa shape index (κ3) is 9.33. The normalized spacial score (nSPS) is 10.0. The van der Waals surface area contributed by atoms with Gasteiger partial charge in [0.15, 0.2) is 5.78 Å².